The number of hydrogen-bond acceptors (Lipinski definition) is 4. The predicted molar refractivity (Wildman–Crippen MR) is 131 cm³/mol. The summed E-state index contributed by atoms with van der Waals surface area (Å²) in [6.07, 6.45) is 5.34. The number of hydrogen-bond donors (Lipinski definition) is 1. The van der Waals surface area contributed by atoms with E-state index in [9.17, 15) is 0 Å². The van der Waals surface area contributed by atoms with E-state index in [0.717, 1.165) is 48.0 Å². The number of aromatic nitrogens is 3. The topological polar surface area (TPSA) is 61.8 Å². The van der Waals surface area contributed by atoms with Crippen LogP contribution in [-0.2, 0) is 6.54 Å². The fourth-order valence-corrected chi connectivity index (χ4v) is 5.17. The van der Waals surface area contributed by atoms with Gasteiger partial charge in [-0.15, -0.1) is 0 Å². The molecule has 2 aromatic carbocycles. The largest absolute Gasteiger partial charge is 0.370 e. The first-order chi connectivity index (χ1) is 16.1. The summed E-state index contributed by atoms with van der Waals surface area (Å²) in [7, 11) is 2.05. The second kappa shape index (κ2) is 7.65. The molecule has 0 radical (unpaired) electrons. The Kier molecular flexibility index (Phi) is 4.60. The number of nitrogens with zero attached hydrogens (tertiary/aromatic N) is 5. The van der Waals surface area contributed by atoms with Crippen LogP contribution in [-0.4, -0.2) is 40.3 Å². The van der Waals surface area contributed by atoms with Gasteiger partial charge in [0.1, 0.15) is 0 Å². The van der Waals surface area contributed by atoms with E-state index in [-0.39, 0.29) is 0 Å². The van der Waals surface area contributed by atoms with Crippen LogP contribution in [0.2, 0.25) is 0 Å². The summed E-state index contributed by atoms with van der Waals surface area (Å²) in [5.74, 6) is 0.968. The first-order valence-electron chi connectivity index (χ1n) is 11.5. The highest BCUT2D eigenvalue weighted by atomic mass is 15.2. The van der Waals surface area contributed by atoms with Gasteiger partial charge in [-0.3, -0.25) is 4.57 Å². The molecule has 4 aromatic rings. The predicted octanol–water partition coefficient (Wildman–Crippen LogP) is 4.35. The van der Waals surface area contributed by atoms with Crippen molar-refractivity contribution < 1.29 is 0 Å². The molecule has 2 aliphatic heterocycles. The van der Waals surface area contributed by atoms with E-state index < -0.39 is 0 Å². The Labute approximate surface area is 193 Å². The molecule has 2 aliphatic rings. The van der Waals surface area contributed by atoms with Gasteiger partial charge in [0.05, 0.1) is 23.0 Å². The van der Waals surface area contributed by atoms with E-state index in [0.29, 0.717) is 11.6 Å². The zero-order valence-corrected chi connectivity index (χ0v) is 18.9. The van der Waals surface area contributed by atoms with Crippen LogP contribution in [0.5, 0.6) is 0 Å². The van der Waals surface area contributed by atoms with Crippen LogP contribution in [0.25, 0.3) is 28.3 Å². The molecule has 33 heavy (non-hydrogen) atoms. The lowest BCUT2D eigenvalue weighted by molar-refractivity contribution is 0.617. The van der Waals surface area contributed by atoms with Gasteiger partial charge in [0, 0.05) is 55.0 Å². The van der Waals surface area contributed by atoms with Crippen molar-refractivity contribution in [3.63, 3.8) is 0 Å². The van der Waals surface area contributed by atoms with Crippen molar-refractivity contribution in [1.29, 1.82) is 5.26 Å². The average Bonchev–Trinajstić information content (AvgIpc) is 3.56. The van der Waals surface area contributed by atoms with Gasteiger partial charge in [0.2, 0.25) is 0 Å². The minimum Gasteiger partial charge on any atom is -0.370 e. The van der Waals surface area contributed by atoms with Gasteiger partial charge < -0.3 is 14.8 Å². The molecule has 1 fully saturated rings. The summed E-state index contributed by atoms with van der Waals surface area (Å²) in [6.45, 7) is 5.03. The van der Waals surface area contributed by atoms with Gasteiger partial charge in [-0.05, 0) is 67.9 Å². The Bertz CT molecular complexity index is 1390. The maximum absolute atomic E-state index is 9.12. The molecule has 0 aliphatic carbocycles. The number of rotatable bonds is 3. The lowest BCUT2D eigenvalue weighted by Gasteiger charge is -2.21. The molecule has 6 rings (SSSR count). The van der Waals surface area contributed by atoms with Gasteiger partial charge >= 0.3 is 0 Å². The van der Waals surface area contributed by atoms with Crippen molar-refractivity contribution in [1.82, 2.24) is 19.4 Å². The molecule has 0 saturated carbocycles. The van der Waals surface area contributed by atoms with Crippen molar-refractivity contribution in [2.45, 2.75) is 25.9 Å². The number of imidazole rings is 1. The van der Waals surface area contributed by atoms with Crippen LogP contribution in [0, 0.1) is 18.3 Å². The van der Waals surface area contributed by atoms with E-state index in [1.807, 2.05) is 37.5 Å². The van der Waals surface area contributed by atoms with Crippen LogP contribution >= 0.6 is 0 Å². The van der Waals surface area contributed by atoms with Crippen LogP contribution in [0.4, 0.5) is 5.69 Å². The summed E-state index contributed by atoms with van der Waals surface area (Å²) in [5, 5.41) is 12.5. The summed E-state index contributed by atoms with van der Waals surface area (Å²) >= 11 is 0. The lowest BCUT2D eigenvalue weighted by Crippen LogP contribution is -2.29. The highest BCUT2D eigenvalue weighted by molar-refractivity contribution is 5.73. The van der Waals surface area contributed by atoms with Gasteiger partial charge in [-0.1, -0.05) is 12.1 Å². The van der Waals surface area contributed by atoms with E-state index >= 15 is 0 Å². The Balaban J connectivity index is 1.45. The van der Waals surface area contributed by atoms with Crippen LogP contribution < -0.4 is 10.2 Å². The van der Waals surface area contributed by atoms with Crippen molar-refractivity contribution in [2.24, 2.45) is 0 Å². The molecular weight excluding hydrogens is 408 g/mol. The smallest absolute Gasteiger partial charge is 0.161 e. The molecular formula is C27H26N6. The van der Waals surface area contributed by atoms with Crippen LogP contribution in [0.15, 0.2) is 60.9 Å². The highest BCUT2D eigenvalue weighted by Crippen LogP contribution is 2.36. The quantitative estimate of drug-likeness (QED) is 0.459. The zero-order valence-electron chi connectivity index (χ0n) is 18.9. The van der Waals surface area contributed by atoms with Crippen molar-refractivity contribution >= 4 is 5.69 Å². The molecule has 4 heterocycles. The van der Waals surface area contributed by atoms with Crippen LogP contribution in [0.1, 0.15) is 23.2 Å². The Morgan fingerprint density at radius 3 is 2.70 bits per heavy atom. The second-order valence-corrected chi connectivity index (χ2v) is 9.02. The van der Waals surface area contributed by atoms with E-state index in [1.165, 1.54) is 23.4 Å². The van der Waals surface area contributed by atoms with Crippen molar-refractivity contribution in [2.75, 3.05) is 25.0 Å². The molecule has 164 valence electrons. The number of nitrogens with one attached hydrogen (secondary N) is 1. The number of nitriles is 1. The van der Waals surface area contributed by atoms with E-state index in [1.54, 1.807) is 0 Å². The van der Waals surface area contributed by atoms with Crippen molar-refractivity contribution in [3.05, 3.63) is 77.7 Å². The monoisotopic (exact) mass is 434 g/mol. The van der Waals surface area contributed by atoms with E-state index in [2.05, 4.69) is 62.8 Å². The second-order valence-electron chi connectivity index (χ2n) is 9.02. The standard InChI is InChI=1S/C27H26N6/c1-18-14-30-27-26-12-21(20-5-3-19(13-28)4-6-20)15-32(26)16-22-11-24(7-8-25(22)33(18)27)31-10-9-23(17-31)29-2/h3-8,11-12,14-15,23,29H,9-10,16-17H2,1-2H3. The summed E-state index contributed by atoms with van der Waals surface area (Å²) in [4.78, 5) is 7.27. The minimum absolute atomic E-state index is 0.553. The summed E-state index contributed by atoms with van der Waals surface area (Å²) < 4.78 is 4.59. The number of fused-ring (bicyclic) bond motifs is 5. The molecule has 1 saturated heterocycles. The van der Waals surface area contributed by atoms with E-state index in [4.69, 9.17) is 10.2 Å². The molecule has 1 unspecified atom stereocenters. The fraction of sp³-hybridized carbons (Fsp3) is 0.259. The Morgan fingerprint density at radius 1 is 1.09 bits per heavy atom. The first kappa shape index (κ1) is 19.8. The molecule has 1 atom stereocenters. The Hall–Kier alpha value is -3.82. The Morgan fingerprint density at radius 2 is 1.94 bits per heavy atom. The molecule has 6 nitrogen and oxygen atoms in total. The van der Waals surface area contributed by atoms with Gasteiger partial charge in [-0.25, -0.2) is 4.98 Å². The number of likely N-dealkylation sites (N-methyl/N-ethyl adjacent to an activating group) is 1. The van der Waals surface area contributed by atoms with Crippen molar-refractivity contribution in [3.8, 4) is 34.4 Å². The highest BCUT2D eigenvalue weighted by Gasteiger charge is 2.25. The third kappa shape index (κ3) is 3.24. The van der Waals surface area contributed by atoms with Gasteiger partial charge in [0.15, 0.2) is 5.82 Å². The van der Waals surface area contributed by atoms with Gasteiger partial charge in [0.25, 0.3) is 0 Å². The summed E-state index contributed by atoms with van der Waals surface area (Å²) in [5.41, 5.74) is 8.94. The average molecular weight is 435 g/mol. The molecule has 6 heteroatoms. The van der Waals surface area contributed by atoms with Crippen LogP contribution in [0.3, 0.4) is 0 Å². The normalized spacial score (nSPS) is 16.6. The zero-order chi connectivity index (χ0) is 22.5. The molecule has 0 bridgehead atoms. The molecule has 1 N–H and O–H groups in total. The summed E-state index contributed by atoms with van der Waals surface area (Å²) in [6, 6.07) is 19.6. The fourth-order valence-electron chi connectivity index (χ4n) is 5.17. The number of aryl methyl sites for hydroxylation is 1. The van der Waals surface area contributed by atoms with Gasteiger partial charge in [-0.2, -0.15) is 5.26 Å². The molecule has 0 amide bonds. The maximum Gasteiger partial charge on any atom is 0.161 e. The lowest BCUT2D eigenvalue weighted by atomic mass is 10.1. The molecule has 2 aromatic heterocycles. The maximum atomic E-state index is 9.12. The third-order valence-corrected chi connectivity index (χ3v) is 7.02. The first-order valence-corrected chi connectivity index (χ1v) is 11.5. The number of anilines is 1. The third-order valence-electron chi connectivity index (χ3n) is 7.02. The minimum atomic E-state index is 0.553. The SMILES string of the molecule is CNC1CCN(c2ccc3c(c2)Cn2cc(-c4ccc(C#N)cc4)cc2-c2ncc(C)n2-3)C1. The number of benzene rings is 2. The molecule has 0 spiro atoms.